The first-order valence-corrected chi connectivity index (χ1v) is 9.97. The molecule has 29 heavy (non-hydrogen) atoms. The zero-order valence-electron chi connectivity index (χ0n) is 17.6. The SMILES string of the molecule is CN(C)c1ccc(C2OCC3(CO2)COC(c2ccc(N(C)C)cc2)OC3)cc1. The second-order valence-electron chi connectivity index (χ2n) is 8.38. The van der Waals surface area contributed by atoms with Crippen LogP contribution in [0.4, 0.5) is 11.4 Å². The molecule has 2 aromatic carbocycles. The van der Waals surface area contributed by atoms with Gasteiger partial charge in [-0.05, 0) is 24.3 Å². The quantitative estimate of drug-likeness (QED) is 0.784. The average Bonchev–Trinajstić information content (AvgIpc) is 2.75. The summed E-state index contributed by atoms with van der Waals surface area (Å²) in [6.07, 6.45) is -0.679. The molecule has 6 nitrogen and oxygen atoms in total. The van der Waals surface area contributed by atoms with Gasteiger partial charge in [0, 0.05) is 50.7 Å². The zero-order valence-corrected chi connectivity index (χ0v) is 17.6. The molecule has 2 heterocycles. The van der Waals surface area contributed by atoms with Gasteiger partial charge < -0.3 is 28.7 Å². The number of hydrogen-bond acceptors (Lipinski definition) is 6. The first kappa shape index (κ1) is 20.2. The van der Waals surface area contributed by atoms with Crippen LogP contribution in [-0.2, 0) is 18.9 Å². The van der Waals surface area contributed by atoms with Crippen LogP contribution >= 0.6 is 0 Å². The average molecular weight is 399 g/mol. The van der Waals surface area contributed by atoms with E-state index < -0.39 is 0 Å². The third-order valence-corrected chi connectivity index (χ3v) is 5.53. The summed E-state index contributed by atoms with van der Waals surface area (Å²) in [5, 5.41) is 0. The summed E-state index contributed by atoms with van der Waals surface area (Å²) in [6, 6.07) is 16.5. The molecule has 2 aromatic rings. The van der Waals surface area contributed by atoms with E-state index in [2.05, 4.69) is 58.3 Å². The minimum absolute atomic E-state index is 0.250. The van der Waals surface area contributed by atoms with Crippen molar-refractivity contribution < 1.29 is 18.9 Å². The Morgan fingerprint density at radius 2 is 0.897 bits per heavy atom. The lowest BCUT2D eigenvalue weighted by atomic mass is 9.90. The lowest BCUT2D eigenvalue weighted by Crippen LogP contribution is -2.49. The van der Waals surface area contributed by atoms with Crippen molar-refractivity contribution in [3.8, 4) is 0 Å². The van der Waals surface area contributed by atoms with Crippen molar-refractivity contribution in [3.05, 3.63) is 59.7 Å². The summed E-state index contributed by atoms with van der Waals surface area (Å²) in [6.45, 7) is 2.22. The molecule has 0 aliphatic carbocycles. The Balaban J connectivity index is 1.32. The predicted molar refractivity (Wildman–Crippen MR) is 113 cm³/mol. The lowest BCUT2D eigenvalue weighted by Gasteiger charge is -2.43. The summed E-state index contributed by atoms with van der Waals surface area (Å²) in [7, 11) is 8.11. The van der Waals surface area contributed by atoms with E-state index in [0.717, 1.165) is 22.5 Å². The fourth-order valence-corrected chi connectivity index (χ4v) is 3.60. The highest BCUT2D eigenvalue weighted by Crippen LogP contribution is 2.38. The molecule has 2 aliphatic heterocycles. The van der Waals surface area contributed by atoms with E-state index >= 15 is 0 Å². The molecule has 0 unspecified atom stereocenters. The van der Waals surface area contributed by atoms with Gasteiger partial charge in [0.2, 0.25) is 0 Å². The summed E-state index contributed by atoms with van der Waals surface area (Å²) in [5.74, 6) is 0. The monoisotopic (exact) mass is 398 g/mol. The molecule has 2 aliphatic rings. The Bertz CT molecular complexity index is 716. The van der Waals surface area contributed by atoms with E-state index in [-0.39, 0.29) is 18.0 Å². The summed E-state index contributed by atoms with van der Waals surface area (Å²) < 4.78 is 24.2. The zero-order chi connectivity index (χ0) is 20.4. The van der Waals surface area contributed by atoms with E-state index in [4.69, 9.17) is 18.9 Å². The number of benzene rings is 2. The summed E-state index contributed by atoms with van der Waals surface area (Å²) >= 11 is 0. The van der Waals surface area contributed by atoms with Crippen LogP contribution in [0.1, 0.15) is 23.7 Å². The van der Waals surface area contributed by atoms with Crippen molar-refractivity contribution in [2.75, 3.05) is 64.4 Å². The summed E-state index contributed by atoms with van der Waals surface area (Å²) in [5.41, 5.74) is 4.11. The smallest absolute Gasteiger partial charge is 0.183 e. The number of ether oxygens (including phenoxy) is 4. The molecule has 156 valence electrons. The molecule has 0 atom stereocenters. The fourth-order valence-electron chi connectivity index (χ4n) is 3.60. The Hall–Kier alpha value is -2.12. The Morgan fingerprint density at radius 3 is 1.17 bits per heavy atom. The molecule has 2 fully saturated rings. The topological polar surface area (TPSA) is 43.4 Å². The minimum Gasteiger partial charge on any atom is -0.378 e. The Labute approximate surface area is 172 Å². The van der Waals surface area contributed by atoms with Gasteiger partial charge >= 0.3 is 0 Å². The van der Waals surface area contributed by atoms with Crippen molar-refractivity contribution in [2.45, 2.75) is 12.6 Å². The molecular formula is C23H30N2O4. The number of hydrogen-bond donors (Lipinski definition) is 0. The van der Waals surface area contributed by atoms with Crippen LogP contribution in [0.25, 0.3) is 0 Å². The van der Waals surface area contributed by atoms with Crippen molar-refractivity contribution >= 4 is 11.4 Å². The van der Waals surface area contributed by atoms with E-state index in [1.165, 1.54) is 0 Å². The Kier molecular flexibility index (Phi) is 5.79. The third-order valence-electron chi connectivity index (χ3n) is 5.53. The Morgan fingerprint density at radius 1 is 0.586 bits per heavy atom. The normalized spacial score (nSPS) is 27.0. The van der Waals surface area contributed by atoms with Gasteiger partial charge in [-0.1, -0.05) is 24.3 Å². The molecule has 0 amide bonds. The van der Waals surface area contributed by atoms with Crippen LogP contribution in [-0.4, -0.2) is 54.6 Å². The highest BCUT2D eigenvalue weighted by Gasteiger charge is 2.42. The van der Waals surface area contributed by atoms with E-state index in [0.29, 0.717) is 26.4 Å². The van der Waals surface area contributed by atoms with Gasteiger partial charge in [-0.15, -0.1) is 0 Å². The van der Waals surface area contributed by atoms with Gasteiger partial charge in [-0.25, -0.2) is 0 Å². The molecule has 1 spiro atoms. The lowest BCUT2D eigenvalue weighted by molar-refractivity contribution is -0.307. The van der Waals surface area contributed by atoms with Gasteiger partial charge in [-0.3, -0.25) is 0 Å². The van der Waals surface area contributed by atoms with Gasteiger partial charge in [0.1, 0.15) is 0 Å². The second-order valence-corrected chi connectivity index (χ2v) is 8.38. The molecule has 0 radical (unpaired) electrons. The molecular weight excluding hydrogens is 368 g/mol. The highest BCUT2D eigenvalue weighted by atomic mass is 16.7. The van der Waals surface area contributed by atoms with Crippen LogP contribution in [0.2, 0.25) is 0 Å². The second kappa shape index (κ2) is 8.32. The molecule has 6 heteroatoms. The minimum atomic E-state index is -0.340. The highest BCUT2D eigenvalue weighted by molar-refractivity contribution is 5.47. The molecule has 4 rings (SSSR count). The van der Waals surface area contributed by atoms with Crippen molar-refractivity contribution in [2.24, 2.45) is 5.41 Å². The first-order chi connectivity index (χ1) is 14.0. The maximum atomic E-state index is 6.04. The van der Waals surface area contributed by atoms with Crippen LogP contribution in [0.5, 0.6) is 0 Å². The van der Waals surface area contributed by atoms with Crippen molar-refractivity contribution in [3.63, 3.8) is 0 Å². The first-order valence-electron chi connectivity index (χ1n) is 9.97. The standard InChI is InChI=1S/C23H30N2O4/c1-24(2)19-9-5-17(6-10-19)21-26-13-23(14-27-21)15-28-22(29-16-23)18-7-11-20(12-8-18)25(3)4/h5-12,21-22H,13-16H2,1-4H3. The van der Waals surface area contributed by atoms with E-state index in [9.17, 15) is 0 Å². The van der Waals surface area contributed by atoms with Crippen LogP contribution in [0, 0.1) is 5.41 Å². The fraction of sp³-hybridized carbons (Fsp3) is 0.478. The third kappa shape index (κ3) is 4.41. The van der Waals surface area contributed by atoms with Gasteiger partial charge in [0.05, 0.1) is 31.8 Å². The molecule has 0 aromatic heterocycles. The molecule has 0 saturated carbocycles. The maximum Gasteiger partial charge on any atom is 0.183 e. The predicted octanol–water partition coefficient (Wildman–Crippen LogP) is 3.60. The van der Waals surface area contributed by atoms with E-state index in [1.807, 2.05) is 28.2 Å². The summed E-state index contributed by atoms with van der Waals surface area (Å²) in [4.78, 5) is 4.14. The van der Waals surface area contributed by atoms with Gasteiger partial charge in [-0.2, -0.15) is 0 Å². The molecule has 0 N–H and O–H groups in total. The van der Waals surface area contributed by atoms with Gasteiger partial charge in [0.15, 0.2) is 12.6 Å². The van der Waals surface area contributed by atoms with Crippen LogP contribution < -0.4 is 9.80 Å². The number of rotatable bonds is 4. The van der Waals surface area contributed by atoms with Gasteiger partial charge in [0.25, 0.3) is 0 Å². The molecule has 2 saturated heterocycles. The largest absolute Gasteiger partial charge is 0.378 e. The van der Waals surface area contributed by atoms with Crippen molar-refractivity contribution in [1.29, 1.82) is 0 Å². The van der Waals surface area contributed by atoms with Crippen LogP contribution in [0.3, 0.4) is 0 Å². The molecule has 0 bridgehead atoms. The maximum absolute atomic E-state index is 6.04. The van der Waals surface area contributed by atoms with Crippen molar-refractivity contribution in [1.82, 2.24) is 0 Å². The van der Waals surface area contributed by atoms with E-state index in [1.54, 1.807) is 0 Å². The number of anilines is 2. The van der Waals surface area contributed by atoms with Crippen LogP contribution in [0.15, 0.2) is 48.5 Å². The number of nitrogens with zero attached hydrogens (tertiary/aromatic N) is 2.